The lowest BCUT2D eigenvalue weighted by molar-refractivity contribution is -0.123. The Hall–Kier alpha value is -1.31. The summed E-state index contributed by atoms with van der Waals surface area (Å²) in [5.41, 5.74) is 2.56. The zero-order valence-corrected chi connectivity index (χ0v) is 11.6. The molecule has 1 amide bonds. The maximum absolute atomic E-state index is 11.9. The third-order valence-corrected chi connectivity index (χ3v) is 3.82. The minimum absolute atomic E-state index is 0.112. The van der Waals surface area contributed by atoms with Crippen LogP contribution in [0.3, 0.4) is 0 Å². The summed E-state index contributed by atoms with van der Waals surface area (Å²) < 4.78 is 0. The molecule has 1 aliphatic rings. The zero-order chi connectivity index (χ0) is 13.1. The van der Waals surface area contributed by atoms with Crippen LogP contribution >= 0.6 is 0 Å². The number of carbonyl (C=O) groups excluding carboxylic acids is 1. The van der Waals surface area contributed by atoms with Crippen molar-refractivity contribution in [3.8, 4) is 0 Å². The maximum atomic E-state index is 11.9. The molecule has 1 aromatic rings. The first-order valence-corrected chi connectivity index (χ1v) is 7.01. The van der Waals surface area contributed by atoms with Crippen LogP contribution in [0.25, 0.3) is 0 Å². The van der Waals surface area contributed by atoms with Crippen molar-refractivity contribution in [1.82, 2.24) is 5.32 Å². The van der Waals surface area contributed by atoms with Gasteiger partial charge in [0.2, 0.25) is 5.91 Å². The fraction of sp³-hybridized carbons (Fsp3) is 0.562. The second-order valence-electron chi connectivity index (χ2n) is 5.54. The standard InChI is InChI=1S/C16H23NO/c1-4-5-13-6-8-14(9-7-13)12(3)17-16(18)15-10-11(15)2/h6-9,11-12,15H,4-5,10H2,1-3H3,(H,17,18)/t11-,12+,15+/m0/s1. The largest absolute Gasteiger partial charge is 0.349 e. The first-order valence-electron chi connectivity index (χ1n) is 7.01. The van der Waals surface area contributed by atoms with Gasteiger partial charge in [0.15, 0.2) is 0 Å². The van der Waals surface area contributed by atoms with Gasteiger partial charge in [-0.25, -0.2) is 0 Å². The van der Waals surface area contributed by atoms with Crippen molar-refractivity contribution < 1.29 is 4.79 Å². The molecule has 1 fully saturated rings. The van der Waals surface area contributed by atoms with Crippen LogP contribution in [0.15, 0.2) is 24.3 Å². The van der Waals surface area contributed by atoms with E-state index in [2.05, 4.69) is 50.4 Å². The molecule has 1 saturated carbocycles. The fourth-order valence-corrected chi connectivity index (χ4v) is 2.35. The molecule has 0 saturated heterocycles. The topological polar surface area (TPSA) is 29.1 Å². The summed E-state index contributed by atoms with van der Waals surface area (Å²) in [4.78, 5) is 11.9. The number of nitrogens with one attached hydrogen (secondary N) is 1. The average molecular weight is 245 g/mol. The second kappa shape index (κ2) is 5.55. The average Bonchev–Trinajstić information content (AvgIpc) is 3.08. The first-order chi connectivity index (χ1) is 8.61. The van der Waals surface area contributed by atoms with Crippen molar-refractivity contribution >= 4 is 5.91 Å². The van der Waals surface area contributed by atoms with Gasteiger partial charge in [0.1, 0.15) is 0 Å². The Bertz CT molecular complexity index is 410. The van der Waals surface area contributed by atoms with Gasteiger partial charge in [0, 0.05) is 5.92 Å². The van der Waals surface area contributed by atoms with Crippen LogP contribution in [0.4, 0.5) is 0 Å². The minimum atomic E-state index is 0.112. The van der Waals surface area contributed by atoms with Crippen LogP contribution in [0, 0.1) is 11.8 Å². The van der Waals surface area contributed by atoms with E-state index in [9.17, 15) is 4.79 Å². The number of amides is 1. The number of benzene rings is 1. The summed E-state index contributed by atoms with van der Waals surface area (Å²) in [5, 5.41) is 3.10. The van der Waals surface area contributed by atoms with Gasteiger partial charge < -0.3 is 5.32 Å². The lowest BCUT2D eigenvalue weighted by Gasteiger charge is -2.14. The van der Waals surface area contributed by atoms with Gasteiger partial charge in [0.25, 0.3) is 0 Å². The van der Waals surface area contributed by atoms with Crippen molar-refractivity contribution in [1.29, 1.82) is 0 Å². The van der Waals surface area contributed by atoms with E-state index in [0.29, 0.717) is 5.92 Å². The van der Waals surface area contributed by atoms with E-state index in [1.807, 2.05) is 0 Å². The van der Waals surface area contributed by atoms with Gasteiger partial charge in [-0.2, -0.15) is 0 Å². The lowest BCUT2D eigenvalue weighted by atomic mass is 10.0. The second-order valence-corrected chi connectivity index (χ2v) is 5.54. The van der Waals surface area contributed by atoms with Crippen LogP contribution in [0.1, 0.15) is 50.8 Å². The molecule has 2 nitrogen and oxygen atoms in total. The number of carbonyl (C=O) groups is 1. The molecule has 0 bridgehead atoms. The number of hydrogen-bond acceptors (Lipinski definition) is 1. The Morgan fingerprint density at radius 2 is 2.00 bits per heavy atom. The van der Waals surface area contributed by atoms with Crippen LogP contribution < -0.4 is 5.32 Å². The predicted molar refractivity (Wildman–Crippen MR) is 74.3 cm³/mol. The Balaban J connectivity index is 1.91. The summed E-state index contributed by atoms with van der Waals surface area (Å²) in [7, 11) is 0. The Morgan fingerprint density at radius 3 is 2.50 bits per heavy atom. The van der Waals surface area contributed by atoms with Crippen molar-refractivity contribution in [2.75, 3.05) is 0 Å². The van der Waals surface area contributed by atoms with Crippen molar-refractivity contribution in [3.05, 3.63) is 35.4 Å². The SMILES string of the molecule is CCCc1ccc([C@@H](C)NC(=O)[C@@H]2C[C@@H]2C)cc1. The quantitative estimate of drug-likeness (QED) is 0.845. The molecule has 0 heterocycles. The van der Waals surface area contributed by atoms with Crippen LogP contribution in [-0.4, -0.2) is 5.91 Å². The molecule has 3 atom stereocenters. The molecule has 2 heteroatoms. The van der Waals surface area contributed by atoms with E-state index in [4.69, 9.17) is 0 Å². The van der Waals surface area contributed by atoms with Crippen LogP contribution in [-0.2, 0) is 11.2 Å². The van der Waals surface area contributed by atoms with Gasteiger partial charge in [-0.1, -0.05) is 44.5 Å². The molecule has 0 aromatic heterocycles. The molecular formula is C16H23NO. The lowest BCUT2D eigenvalue weighted by Crippen LogP contribution is -2.28. The predicted octanol–water partition coefficient (Wildman–Crippen LogP) is 3.47. The maximum Gasteiger partial charge on any atom is 0.223 e. The van der Waals surface area contributed by atoms with Gasteiger partial charge in [0.05, 0.1) is 6.04 Å². The van der Waals surface area contributed by atoms with Gasteiger partial charge in [-0.15, -0.1) is 0 Å². The molecule has 1 aliphatic carbocycles. The molecule has 98 valence electrons. The number of aryl methyl sites for hydroxylation is 1. The number of hydrogen-bond donors (Lipinski definition) is 1. The molecule has 0 spiro atoms. The normalized spacial score (nSPS) is 23.5. The van der Waals surface area contributed by atoms with E-state index in [1.165, 1.54) is 17.5 Å². The first kappa shape index (κ1) is 13.1. The highest BCUT2D eigenvalue weighted by molar-refractivity contribution is 5.81. The highest BCUT2D eigenvalue weighted by Crippen LogP contribution is 2.38. The van der Waals surface area contributed by atoms with E-state index in [-0.39, 0.29) is 17.9 Å². The Morgan fingerprint density at radius 1 is 1.39 bits per heavy atom. The summed E-state index contributed by atoms with van der Waals surface area (Å²) in [6, 6.07) is 8.71. The van der Waals surface area contributed by atoms with E-state index in [0.717, 1.165) is 12.8 Å². The molecule has 18 heavy (non-hydrogen) atoms. The van der Waals surface area contributed by atoms with Crippen LogP contribution in [0.5, 0.6) is 0 Å². The van der Waals surface area contributed by atoms with Crippen molar-refractivity contribution in [2.45, 2.75) is 46.1 Å². The minimum Gasteiger partial charge on any atom is -0.349 e. The molecule has 0 unspecified atom stereocenters. The fourth-order valence-electron chi connectivity index (χ4n) is 2.35. The third kappa shape index (κ3) is 3.12. The molecule has 1 aromatic carbocycles. The third-order valence-electron chi connectivity index (χ3n) is 3.82. The van der Waals surface area contributed by atoms with Crippen molar-refractivity contribution in [3.63, 3.8) is 0 Å². The van der Waals surface area contributed by atoms with E-state index >= 15 is 0 Å². The Labute approximate surface area is 110 Å². The zero-order valence-electron chi connectivity index (χ0n) is 11.6. The van der Waals surface area contributed by atoms with Crippen molar-refractivity contribution in [2.24, 2.45) is 11.8 Å². The molecular weight excluding hydrogens is 222 g/mol. The highest BCUT2D eigenvalue weighted by Gasteiger charge is 2.39. The molecule has 0 radical (unpaired) electrons. The summed E-state index contributed by atoms with van der Waals surface area (Å²) >= 11 is 0. The molecule has 1 N–H and O–H groups in total. The van der Waals surface area contributed by atoms with Gasteiger partial charge >= 0.3 is 0 Å². The summed E-state index contributed by atoms with van der Waals surface area (Å²) in [5.74, 6) is 1.04. The van der Waals surface area contributed by atoms with Crippen LogP contribution in [0.2, 0.25) is 0 Å². The monoisotopic (exact) mass is 245 g/mol. The van der Waals surface area contributed by atoms with Gasteiger partial charge in [-0.3, -0.25) is 4.79 Å². The van der Waals surface area contributed by atoms with E-state index < -0.39 is 0 Å². The molecule has 0 aliphatic heterocycles. The Kier molecular flexibility index (Phi) is 4.05. The summed E-state index contributed by atoms with van der Waals surface area (Å²) in [6.45, 7) is 6.38. The molecule has 2 rings (SSSR count). The summed E-state index contributed by atoms with van der Waals surface area (Å²) in [6.07, 6.45) is 3.35. The van der Waals surface area contributed by atoms with E-state index in [1.54, 1.807) is 0 Å². The highest BCUT2D eigenvalue weighted by atomic mass is 16.2. The van der Waals surface area contributed by atoms with Gasteiger partial charge in [-0.05, 0) is 36.8 Å². The number of rotatable bonds is 5. The smallest absolute Gasteiger partial charge is 0.223 e.